The Labute approximate surface area is 124 Å². The Morgan fingerprint density at radius 2 is 2.05 bits per heavy atom. The first-order valence-electron chi connectivity index (χ1n) is 6.29. The van der Waals surface area contributed by atoms with E-state index in [0.717, 1.165) is 0 Å². The second-order valence-electron chi connectivity index (χ2n) is 4.69. The third kappa shape index (κ3) is 5.11. The number of nitrogens with zero attached hydrogens (tertiary/aromatic N) is 1. The Morgan fingerprint density at radius 3 is 2.58 bits per heavy atom. The molecule has 0 aromatic heterocycles. The molecule has 3 nitrogen and oxygen atoms in total. The van der Waals surface area contributed by atoms with E-state index in [1.54, 1.807) is 18.2 Å². The highest BCUT2D eigenvalue weighted by Crippen LogP contribution is 2.21. The summed E-state index contributed by atoms with van der Waals surface area (Å²) < 4.78 is 0. The first-order chi connectivity index (χ1) is 8.95. The lowest BCUT2D eigenvalue weighted by atomic mass is 10.1. The van der Waals surface area contributed by atoms with Gasteiger partial charge >= 0.3 is 0 Å². The van der Waals surface area contributed by atoms with Gasteiger partial charge in [0.1, 0.15) is 0 Å². The van der Waals surface area contributed by atoms with Crippen molar-refractivity contribution in [1.29, 1.82) is 0 Å². The minimum atomic E-state index is -0.0340. The van der Waals surface area contributed by atoms with Crippen LogP contribution in [0.2, 0.25) is 10.0 Å². The number of carbonyl (C=O) groups is 1. The molecule has 0 heterocycles. The normalized spacial score (nSPS) is 11.3. The summed E-state index contributed by atoms with van der Waals surface area (Å²) in [6, 6.07) is 5.12. The predicted octanol–water partition coefficient (Wildman–Crippen LogP) is 3.27. The number of halogens is 2. The van der Waals surface area contributed by atoms with Gasteiger partial charge in [-0.2, -0.15) is 0 Å². The Kier molecular flexibility index (Phi) is 6.80. The Morgan fingerprint density at radius 1 is 1.37 bits per heavy atom. The van der Waals surface area contributed by atoms with Crippen LogP contribution in [0, 0.1) is 0 Å². The molecular formula is C14H19Cl2NO2. The van der Waals surface area contributed by atoms with Crippen LogP contribution in [-0.4, -0.2) is 41.5 Å². The second-order valence-corrected chi connectivity index (χ2v) is 5.53. The molecule has 0 unspecified atom stereocenters. The van der Waals surface area contributed by atoms with E-state index in [2.05, 4.69) is 0 Å². The maximum atomic E-state index is 12.2. The van der Waals surface area contributed by atoms with Crippen LogP contribution in [0.1, 0.15) is 30.6 Å². The number of aliphatic hydroxyl groups is 1. The van der Waals surface area contributed by atoms with Gasteiger partial charge in [0.15, 0.2) is 5.78 Å². The first kappa shape index (κ1) is 16.4. The average molecular weight is 304 g/mol. The molecule has 0 saturated heterocycles. The van der Waals surface area contributed by atoms with Gasteiger partial charge in [0.05, 0.1) is 11.6 Å². The number of Topliss-reactive ketones (excluding diaryl/α,β-unsaturated/α-hetero) is 1. The fourth-order valence-electron chi connectivity index (χ4n) is 1.78. The number of hydrogen-bond donors (Lipinski definition) is 1. The highest BCUT2D eigenvalue weighted by Gasteiger charge is 2.17. The first-order valence-corrected chi connectivity index (χ1v) is 7.04. The molecule has 0 spiro atoms. The lowest BCUT2D eigenvalue weighted by molar-refractivity contribution is 0.0897. The molecule has 0 aliphatic rings. The highest BCUT2D eigenvalue weighted by atomic mass is 35.5. The molecule has 5 heteroatoms. The van der Waals surface area contributed by atoms with Crippen molar-refractivity contribution in [1.82, 2.24) is 4.90 Å². The molecule has 1 N–H and O–H groups in total. The number of ketones is 1. The van der Waals surface area contributed by atoms with Crippen molar-refractivity contribution in [2.24, 2.45) is 0 Å². The Hall–Kier alpha value is -0.610. The van der Waals surface area contributed by atoms with E-state index in [0.29, 0.717) is 35.1 Å². The van der Waals surface area contributed by atoms with Gasteiger partial charge in [0.2, 0.25) is 0 Å². The topological polar surface area (TPSA) is 40.5 Å². The van der Waals surface area contributed by atoms with Crippen LogP contribution in [0.3, 0.4) is 0 Å². The van der Waals surface area contributed by atoms with E-state index >= 15 is 0 Å². The van der Waals surface area contributed by atoms with Gasteiger partial charge < -0.3 is 5.11 Å². The van der Waals surface area contributed by atoms with Crippen LogP contribution >= 0.6 is 23.2 Å². The van der Waals surface area contributed by atoms with Crippen molar-refractivity contribution in [3.8, 4) is 0 Å². The number of hydrogen-bond acceptors (Lipinski definition) is 3. The molecule has 19 heavy (non-hydrogen) atoms. The van der Waals surface area contributed by atoms with Crippen molar-refractivity contribution in [3.05, 3.63) is 33.8 Å². The third-order valence-corrected chi connectivity index (χ3v) is 3.46. The summed E-state index contributed by atoms with van der Waals surface area (Å²) in [6.45, 7) is 5.14. The molecule has 0 fully saturated rings. The van der Waals surface area contributed by atoms with Gasteiger partial charge in [0.25, 0.3) is 0 Å². The van der Waals surface area contributed by atoms with Crippen molar-refractivity contribution in [2.45, 2.75) is 26.3 Å². The Balaban J connectivity index is 2.76. The number of aliphatic hydroxyl groups excluding tert-OH is 1. The third-order valence-electron chi connectivity index (χ3n) is 2.91. The van der Waals surface area contributed by atoms with Gasteiger partial charge in [-0.05, 0) is 38.5 Å². The van der Waals surface area contributed by atoms with Gasteiger partial charge in [-0.25, -0.2) is 0 Å². The fourth-order valence-corrected chi connectivity index (χ4v) is 2.29. The molecule has 0 bridgehead atoms. The molecule has 0 saturated carbocycles. The quantitative estimate of drug-likeness (QED) is 0.786. The molecular weight excluding hydrogens is 285 g/mol. The van der Waals surface area contributed by atoms with Crippen molar-refractivity contribution in [3.63, 3.8) is 0 Å². The minimum Gasteiger partial charge on any atom is -0.396 e. The number of benzene rings is 1. The number of carbonyl (C=O) groups excluding carboxylic acids is 1. The lowest BCUT2D eigenvalue weighted by Crippen LogP contribution is -2.36. The van der Waals surface area contributed by atoms with Crippen LogP contribution < -0.4 is 0 Å². The molecule has 1 aromatic carbocycles. The van der Waals surface area contributed by atoms with E-state index in [1.165, 1.54) is 0 Å². The van der Waals surface area contributed by atoms with Crippen LogP contribution in [0.15, 0.2) is 18.2 Å². The van der Waals surface area contributed by atoms with Gasteiger partial charge in [-0.15, -0.1) is 0 Å². The summed E-state index contributed by atoms with van der Waals surface area (Å²) in [5.74, 6) is -0.0340. The van der Waals surface area contributed by atoms with Gasteiger partial charge in [-0.3, -0.25) is 9.69 Å². The van der Waals surface area contributed by atoms with Crippen molar-refractivity contribution >= 4 is 29.0 Å². The lowest BCUT2D eigenvalue weighted by Gasteiger charge is -2.25. The van der Waals surface area contributed by atoms with E-state index in [9.17, 15) is 4.79 Å². The number of rotatable bonds is 7. The zero-order valence-corrected chi connectivity index (χ0v) is 12.7. The maximum Gasteiger partial charge on any atom is 0.178 e. The van der Waals surface area contributed by atoms with Crippen LogP contribution in [0.4, 0.5) is 0 Å². The highest BCUT2D eigenvalue weighted by molar-refractivity contribution is 6.36. The zero-order chi connectivity index (χ0) is 14.4. The van der Waals surface area contributed by atoms with Crippen molar-refractivity contribution < 1.29 is 9.90 Å². The molecule has 0 aliphatic carbocycles. The van der Waals surface area contributed by atoms with Gasteiger partial charge in [0, 0.05) is 29.8 Å². The molecule has 1 rings (SSSR count). The summed E-state index contributed by atoms with van der Waals surface area (Å²) >= 11 is 11.8. The standard InChI is InChI=1S/C14H19Cl2NO2/c1-10(2)17(6-3-7-18)9-14(19)12-5-4-11(15)8-13(12)16/h4-5,8,10,18H,3,6-7,9H2,1-2H3. The maximum absolute atomic E-state index is 12.2. The van der Waals surface area contributed by atoms with E-state index in [1.807, 2.05) is 18.7 Å². The zero-order valence-electron chi connectivity index (χ0n) is 11.2. The fraction of sp³-hybridized carbons (Fsp3) is 0.500. The molecule has 0 radical (unpaired) electrons. The largest absolute Gasteiger partial charge is 0.396 e. The van der Waals surface area contributed by atoms with E-state index < -0.39 is 0 Å². The van der Waals surface area contributed by atoms with Crippen LogP contribution in [0.5, 0.6) is 0 Å². The summed E-state index contributed by atoms with van der Waals surface area (Å²) in [5.41, 5.74) is 0.487. The minimum absolute atomic E-state index is 0.0340. The SMILES string of the molecule is CC(C)N(CCCO)CC(=O)c1ccc(Cl)cc1Cl. The Bertz CT molecular complexity index is 435. The van der Waals surface area contributed by atoms with Crippen LogP contribution in [-0.2, 0) is 0 Å². The summed E-state index contributed by atoms with van der Waals surface area (Å²) in [5, 5.41) is 9.77. The predicted molar refractivity (Wildman–Crippen MR) is 79.2 cm³/mol. The van der Waals surface area contributed by atoms with Crippen molar-refractivity contribution in [2.75, 3.05) is 19.7 Å². The molecule has 1 aromatic rings. The smallest absolute Gasteiger partial charge is 0.178 e. The van der Waals surface area contributed by atoms with E-state index in [4.69, 9.17) is 28.3 Å². The summed E-state index contributed by atoms with van der Waals surface area (Å²) in [6.07, 6.45) is 0.653. The van der Waals surface area contributed by atoms with Crippen LogP contribution in [0.25, 0.3) is 0 Å². The molecule has 0 amide bonds. The monoisotopic (exact) mass is 303 g/mol. The second kappa shape index (κ2) is 7.85. The summed E-state index contributed by atoms with van der Waals surface area (Å²) in [7, 11) is 0. The molecule has 0 aliphatic heterocycles. The van der Waals surface area contributed by atoms with E-state index in [-0.39, 0.29) is 18.4 Å². The summed E-state index contributed by atoms with van der Waals surface area (Å²) in [4.78, 5) is 14.2. The van der Waals surface area contributed by atoms with Gasteiger partial charge in [-0.1, -0.05) is 23.2 Å². The average Bonchev–Trinajstić information content (AvgIpc) is 2.33. The molecule has 0 atom stereocenters. The molecule has 106 valence electrons.